The maximum atomic E-state index is 6.29. The summed E-state index contributed by atoms with van der Waals surface area (Å²) in [4.78, 5) is 0. The predicted molar refractivity (Wildman–Crippen MR) is 104 cm³/mol. The third-order valence-electron chi connectivity index (χ3n) is 4.73. The summed E-state index contributed by atoms with van der Waals surface area (Å²) in [5, 5.41) is 14.7. The maximum absolute atomic E-state index is 6.29. The van der Waals surface area contributed by atoms with Gasteiger partial charge < -0.3 is 4.74 Å². The number of aromatic nitrogens is 5. The first-order valence-electron chi connectivity index (χ1n) is 8.50. The lowest BCUT2D eigenvalue weighted by molar-refractivity contribution is -0.0366. The number of ether oxygens (including phenoxy) is 1. The summed E-state index contributed by atoms with van der Waals surface area (Å²) in [6.45, 7) is 0.784. The van der Waals surface area contributed by atoms with E-state index in [1.165, 1.54) is 0 Å². The highest BCUT2D eigenvalue weighted by Crippen LogP contribution is 2.30. The molecule has 2 aromatic carbocycles. The van der Waals surface area contributed by atoms with E-state index < -0.39 is 0 Å². The van der Waals surface area contributed by atoms with E-state index in [0.29, 0.717) is 10.5 Å². The van der Waals surface area contributed by atoms with E-state index in [1.54, 1.807) is 4.68 Å². The van der Waals surface area contributed by atoms with Crippen molar-refractivity contribution in [2.24, 2.45) is 0 Å². The lowest BCUT2D eigenvalue weighted by Gasteiger charge is -2.23. The molecule has 1 aliphatic heterocycles. The molecule has 0 radical (unpaired) electrons. The fraction of sp³-hybridized carbons (Fsp3) is 0.278. The van der Waals surface area contributed by atoms with Crippen LogP contribution in [0.2, 0.25) is 5.02 Å². The van der Waals surface area contributed by atoms with E-state index in [-0.39, 0.29) is 6.23 Å². The topological polar surface area (TPSA) is 57.8 Å². The lowest BCUT2D eigenvalue weighted by atomic mass is 10.2. The fourth-order valence-corrected chi connectivity index (χ4v) is 4.27. The van der Waals surface area contributed by atoms with E-state index in [9.17, 15) is 0 Å². The normalized spacial score (nSPS) is 18.0. The number of halogens is 2. The van der Waals surface area contributed by atoms with Crippen molar-refractivity contribution in [3.63, 3.8) is 0 Å². The average molecular weight is 433 g/mol. The van der Waals surface area contributed by atoms with Crippen molar-refractivity contribution >= 4 is 49.5 Å². The molecule has 1 fully saturated rings. The number of nitrogens with zero attached hydrogens (tertiary/aromatic N) is 5. The first-order valence-corrected chi connectivity index (χ1v) is 9.67. The molecule has 0 N–H and O–H groups in total. The van der Waals surface area contributed by atoms with E-state index in [1.807, 2.05) is 35.1 Å². The first kappa shape index (κ1) is 16.2. The van der Waals surface area contributed by atoms with Gasteiger partial charge in [0.05, 0.1) is 27.9 Å². The molecule has 0 amide bonds. The molecule has 0 spiro atoms. The minimum Gasteiger partial charge on any atom is -0.356 e. The van der Waals surface area contributed by atoms with Crippen molar-refractivity contribution in [2.45, 2.75) is 25.5 Å². The van der Waals surface area contributed by atoms with Gasteiger partial charge in [0.1, 0.15) is 5.52 Å². The Morgan fingerprint density at radius 2 is 2.08 bits per heavy atom. The summed E-state index contributed by atoms with van der Waals surface area (Å²) in [6, 6.07) is 9.92. The van der Waals surface area contributed by atoms with Crippen LogP contribution in [0.3, 0.4) is 0 Å². The molecule has 26 heavy (non-hydrogen) atoms. The second-order valence-electron chi connectivity index (χ2n) is 6.41. The molecule has 1 saturated heterocycles. The Labute approximate surface area is 162 Å². The van der Waals surface area contributed by atoms with Gasteiger partial charge in [-0.3, -0.25) is 0 Å². The summed E-state index contributed by atoms with van der Waals surface area (Å²) in [5.74, 6) is 0. The van der Waals surface area contributed by atoms with E-state index in [0.717, 1.165) is 52.4 Å². The first-order chi connectivity index (χ1) is 12.7. The number of hydrogen-bond donors (Lipinski definition) is 0. The molecule has 132 valence electrons. The van der Waals surface area contributed by atoms with Gasteiger partial charge in [0, 0.05) is 16.5 Å². The van der Waals surface area contributed by atoms with Gasteiger partial charge in [0.25, 0.3) is 0 Å². The van der Waals surface area contributed by atoms with Gasteiger partial charge >= 0.3 is 0 Å². The van der Waals surface area contributed by atoms with Crippen molar-refractivity contribution in [3.05, 3.63) is 46.0 Å². The van der Waals surface area contributed by atoms with Crippen LogP contribution < -0.4 is 0 Å². The fourth-order valence-electron chi connectivity index (χ4n) is 3.45. The highest BCUT2D eigenvalue weighted by Gasteiger charge is 2.19. The molecule has 6 nitrogen and oxygen atoms in total. The predicted octanol–water partition coefficient (Wildman–Crippen LogP) is 4.89. The lowest BCUT2D eigenvalue weighted by Crippen LogP contribution is -2.19. The van der Waals surface area contributed by atoms with Crippen molar-refractivity contribution in [1.82, 2.24) is 24.8 Å². The van der Waals surface area contributed by atoms with Gasteiger partial charge in [-0.15, -0.1) is 5.10 Å². The molecular formula is C18H15BrClN5O. The van der Waals surface area contributed by atoms with Crippen LogP contribution in [0.15, 0.2) is 41.0 Å². The Bertz CT molecular complexity index is 1120. The molecular weight excluding hydrogens is 418 g/mol. The Morgan fingerprint density at radius 1 is 1.15 bits per heavy atom. The summed E-state index contributed by atoms with van der Waals surface area (Å²) < 4.78 is 10.6. The Balaban J connectivity index is 1.66. The Morgan fingerprint density at radius 3 is 2.92 bits per heavy atom. The Hall–Kier alpha value is -1.96. The zero-order chi connectivity index (χ0) is 17.7. The van der Waals surface area contributed by atoms with Crippen molar-refractivity contribution in [2.75, 3.05) is 6.61 Å². The molecule has 0 aliphatic carbocycles. The summed E-state index contributed by atoms with van der Waals surface area (Å²) in [7, 11) is 0. The van der Waals surface area contributed by atoms with Gasteiger partial charge in [-0.25, -0.2) is 9.36 Å². The smallest absolute Gasteiger partial charge is 0.150 e. The minimum atomic E-state index is -0.00687. The number of fused-ring (bicyclic) bond motifs is 2. The molecule has 1 unspecified atom stereocenters. The van der Waals surface area contributed by atoms with Crippen molar-refractivity contribution < 1.29 is 4.74 Å². The van der Waals surface area contributed by atoms with Gasteiger partial charge in [-0.05, 0) is 49.6 Å². The van der Waals surface area contributed by atoms with Gasteiger partial charge in [-0.1, -0.05) is 32.7 Å². The molecule has 4 aromatic rings. The molecule has 5 rings (SSSR count). The van der Waals surface area contributed by atoms with Crippen LogP contribution in [-0.2, 0) is 4.74 Å². The monoisotopic (exact) mass is 431 g/mol. The molecule has 1 atom stereocenters. The second kappa shape index (κ2) is 6.33. The summed E-state index contributed by atoms with van der Waals surface area (Å²) in [6.07, 6.45) is 5.13. The molecule has 0 bridgehead atoms. The van der Waals surface area contributed by atoms with Crippen LogP contribution in [0, 0.1) is 0 Å². The number of benzene rings is 2. The highest BCUT2D eigenvalue weighted by molar-refractivity contribution is 9.10. The largest absolute Gasteiger partial charge is 0.356 e. The molecule has 0 saturated carbocycles. The Kier molecular flexibility index (Phi) is 3.95. The maximum Gasteiger partial charge on any atom is 0.150 e. The van der Waals surface area contributed by atoms with Gasteiger partial charge in [-0.2, -0.15) is 5.10 Å². The van der Waals surface area contributed by atoms with Crippen LogP contribution in [0.25, 0.3) is 27.6 Å². The van der Waals surface area contributed by atoms with Crippen LogP contribution >= 0.6 is 27.5 Å². The number of rotatable bonds is 2. The summed E-state index contributed by atoms with van der Waals surface area (Å²) in [5.41, 5.74) is 3.47. The van der Waals surface area contributed by atoms with Gasteiger partial charge in [0.15, 0.2) is 6.23 Å². The number of hydrogen-bond acceptors (Lipinski definition) is 4. The molecule has 2 aromatic heterocycles. The average Bonchev–Trinajstić information content (AvgIpc) is 3.26. The molecule has 8 heteroatoms. The highest BCUT2D eigenvalue weighted by atomic mass is 79.9. The zero-order valence-electron chi connectivity index (χ0n) is 13.8. The summed E-state index contributed by atoms with van der Waals surface area (Å²) >= 11 is 9.78. The quantitative estimate of drug-likeness (QED) is 0.453. The SMILES string of the molecule is Clc1cc(Br)cc2c1nnn2-c1ccc2cnn(C3CCCCO3)c2c1. The minimum absolute atomic E-state index is 0.00687. The second-order valence-corrected chi connectivity index (χ2v) is 7.73. The van der Waals surface area contributed by atoms with Crippen LogP contribution in [-0.4, -0.2) is 31.4 Å². The molecule has 1 aliphatic rings. The zero-order valence-corrected chi connectivity index (χ0v) is 16.1. The van der Waals surface area contributed by atoms with Crippen LogP contribution in [0.5, 0.6) is 0 Å². The van der Waals surface area contributed by atoms with E-state index in [4.69, 9.17) is 16.3 Å². The van der Waals surface area contributed by atoms with Gasteiger partial charge in [0.2, 0.25) is 0 Å². The standard InChI is InChI=1S/C18H15BrClN5O/c19-12-7-14(20)18-16(8-12)24(23-22-18)13-5-4-11-10-21-25(15(11)9-13)17-3-1-2-6-26-17/h4-5,7-10,17H,1-3,6H2. The molecule has 3 heterocycles. The van der Waals surface area contributed by atoms with E-state index >= 15 is 0 Å². The van der Waals surface area contributed by atoms with Crippen molar-refractivity contribution in [1.29, 1.82) is 0 Å². The van der Waals surface area contributed by atoms with Crippen molar-refractivity contribution in [3.8, 4) is 5.69 Å². The van der Waals surface area contributed by atoms with E-state index in [2.05, 4.69) is 37.4 Å². The van der Waals surface area contributed by atoms with Crippen LogP contribution in [0.4, 0.5) is 0 Å². The van der Waals surface area contributed by atoms with Crippen LogP contribution in [0.1, 0.15) is 25.5 Å². The third kappa shape index (κ3) is 2.62. The third-order valence-corrected chi connectivity index (χ3v) is 5.47.